The van der Waals surface area contributed by atoms with Gasteiger partial charge in [-0.2, -0.15) is 5.10 Å². The molecular weight excluding hydrogens is 272 g/mol. The molecule has 0 atom stereocenters. The molecule has 0 heterocycles. The second-order valence-corrected chi connectivity index (χ2v) is 5.50. The van der Waals surface area contributed by atoms with Gasteiger partial charge in [0.05, 0.1) is 6.21 Å². The third-order valence-corrected chi connectivity index (χ3v) is 3.98. The van der Waals surface area contributed by atoms with Crippen LogP contribution in [0.25, 0.3) is 0 Å². The van der Waals surface area contributed by atoms with E-state index in [-0.39, 0.29) is 5.91 Å². The Hall–Kier alpha value is -2.42. The van der Waals surface area contributed by atoms with Gasteiger partial charge in [0.2, 0.25) is 5.91 Å². The van der Waals surface area contributed by atoms with E-state index in [0.29, 0.717) is 6.42 Å². The summed E-state index contributed by atoms with van der Waals surface area (Å²) in [6.07, 6.45) is 2.88. The largest absolute Gasteiger partial charge is 0.273 e. The number of rotatable bonds is 5. The Morgan fingerprint density at radius 1 is 1.05 bits per heavy atom. The van der Waals surface area contributed by atoms with Crippen LogP contribution in [0.2, 0.25) is 0 Å². The first kappa shape index (κ1) is 16.0. The molecule has 3 heteroatoms. The smallest absolute Gasteiger partial charge is 0.240 e. The molecule has 0 fully saturated rings. The Morgan fingerprint density at radius 3 is 2.50 bits per heavy atom. The minimum absolute atomic E-state index is 0.0680. The molecule has 2 aromatic carbocycles. The van der Waals surface area contributed by atoms with Gasteiger partial charge in [-0.3, -0.25) is 4.79 Å². The van der Waals surface area contributed by atoms with Gasteiger partial charge < -0.3 is 0 Å². The van der Waals surface area contributed by atoms with Crippen LogP contribution < -0.4 is 5.43 Å². The molecule has 0 aliphatic heterocycles. The number of carbonyl (C=O) groups excluding carboxylic acids is 1. The highest BCUT2D eigenvalue weighted by molar-refractivity contribution is 5.84. The number of aryl methyl sites for hydroxylation is 2. The maximum absolute atomic E-state index is 11.8. The van der Waals surface area contributed by atoms with Crippen LogP contribution in [0.5, 0.6) is 0 Å². The van der Waals surface area contributed by atoms with Gasteiger partial charge in [-0.15, -0.1) is 0 Å². The van der Waals surface area contributed by atoms with Crippen LogP contribution in [-0.4, -0.2) is 12.1 Å². The van der Waals surface area contributed by atoms with Crippen molar-refractivity contribution in [3.05, 3.63) is 70.3 Å². The molecule has 0 bridgehead atoms. The zero-order valence-corrected chi connectivity index (χ0v) is 13.4. The topological polar surface area (TPSA) is 41.5 Å². The lowest BCUT2D eigenvalue weighted by atomic mass is 10.00. The van der Waals surface area contributed by atoms with Crippen LogP contribution in [0.3, 0.4) is 0 Å². The molecule has 0 saturated heterocycles. The summed E-state index contributed by atoms with van der Waals surface area (Å²) in [5.74, 6) is -0.0680. The molecule has 114 valence electrons. The lowest BCUT2D eigenvalue weighted by Crippen LogP contribution is -2.18. The Balaban J connectivity index is 1.87. The van der Waals surface area contributed by atoms with Crippen molar-refractivity contribution in [3.8, 4) is 0 Å². The summed E-state index contributed by atoms with van der Waals surface area (Å²) in [6, 6.07) is 14.1. The Kier molecular flexibility index (Phi) is 5.48. The van der Waals surface area contributed by atoms with Crippen molar-refractivity contribution in [2.75, 3.05) is 0 Å². The highest BCUT2D eigenvalue weighted by Crippen LogP contribution is 2.15. The number of hydrogen-bond donors (Lipinski definition) is 1. The van der Waals surface area contributed by atoms with Crippen molar-refractivity contribution in [2.45, 2.75) is 33.6 Å². The van der Waals surface area contributed by atoms with Crippen LogP contribution in [0.15, 0.2) is 47.6 Å². The number of carbonyl (C=O) groups is 1. The molecule has 0 aliphatic carbocycles. The highest BCUT2D eigenvalue weighted by atomic mass is 16.2. The average molecular weight is 294 g/mol. The summed E-state index contributed by atoms with van der Waals surface area (Å²) in [7, 11) is 0. The molecule has 2 rings (SSSR count). The van der Waals surface area contributed by atoms with Crippen LogP contribution in [-0.2, 0) is 11.2 Å². The third-order valence-electron chi connectivity index (χ3n) is 3.98. The second-order valence-electron chi connectivity index (χ2n) is 5.50. The fraction of sp³-hybridized carbons (Fsp3) is 0.263. The number of hydrogen-bond acceptors (Lipinski definition) is 2. The molecule has 0 radical (unpaired) electrons. The molecule has 0 aromatic heterocycles. The zero-order valence-electron chi connectivity index (χ0n) is 13.4. The van der Waals surface area contributed by atoms with Gasteiger partial charge in [0.25, 0.3) is 0 Å². The summed E-state index contributed by atoms with van der Waals surface area (Å²) in [4.78, 5) is 11.8. The van der Waals surface area contributed by atoms with Crippen LogP contribution in [0.1, 0.15) is 34.2 Å². The monoisotopic (exact) mass is 294 g/mol. The maximum Gasteiger partial charge on any atom is 0.240 e. The van der Waals surface area contributed by atoms with Crippen LogP contribution in [0, 0.1) is 20.8 Å². The fourth-order valence-electron chi connectivity index (χ4n) is 2.25. The SMILES string of the molecule is Cc1ccc(/C=N\NC(=O)CCc2ccccc2)c(C)c1C. The fourth-order valence-corrected chi connectivity index (χ4v) is 2.25. The first-order chi connectivity index (χ1) is 10.6. The van der Waals surface area contributed by atoms with Crippen LogP contribution in [0.4, 0.5) is 0 Å². The molecule has 0 saturated carbocycles. The van der Waals surface area contributed by atoms with Crippen LogP contribution >= 0.6 is 0 Å². The van der Waals surface area contributed by atoms with Crippen molar-refractivity contribution >= 4 is 12.1 Å². The molecular formula is C19H22N2O. The Bertz CT molecular complexity index is 675. The number of nitrogens with zero attached hydrogens (tertiary/aromatic N) is 1. The standard InChI is InChI=1S/C19H22N2O/c1-14-9-11-18(16(3)15(14)2)13-20-21-19(22)12-10-17-7-5-4-6-8-17/h4-9,11,13H,10,12H2,1-3H3,(H,21,22)/b20-13-. The zero-order chi connectivity index (χ0) is 15.9. The molecule has 1 N–H and O–H groups in total. The number of hydrazone groups is 1. The first-order valence-electron chi connectivity index (χ1n) is 7.50. The summed E-state index contributed by atoms with van der Waals surface area (Å²) >= 11 is 0. The van der Waals surface area contributed by atoms with E-state index in [9.17, 15) is 4.79 Å². The van der Waals surface area contributed by atoms with E-state index in [1.165, 1.54) is 16.7 Å². The normalized spacial score (nSPS) is 10.9. The van der Waals surface area contributed by atoms with Crippen molar-refractivity contribution in [1.29, 1.82) is 0 Å². The van der Waals surface area contributed by atoms with Gasteiger partial charge >= 0.3 is 0 Å². The minimum atomic E-state index is -0.0680. The highest BCUT2D eigenvalue weighted by Gasteiger charge is 2.03. The van der Waals surface area contributed by atoms with Gasteiger partial charge in [-0.25, -0.2) is 5.43 Å². The Morgan fingerprint density at radius 2 is 1.77 bits per heavy atom. The quantitative estimate of drug-likeness (QED) is 0.663. The van der Waals surface area contributed by atoms with Gasteiger partial charge in [0.15, 0.2) is 0 Å². The van der Waals surface area contributed by atoms with Gasteiger partial charge in [0.1, 0.15) is 0 Å². The Labute approximate surface area is 132 Å². The molecule has 0 spiro atoms. The summed E-state index contributed by atoms with van der Waals surface area (Å²) in [6.45, 7) is 6.26. The minimum Gasteiger partial charge on any atom is -0.273 e. The van der Waals surface area contributed by atoms with E-state index in [2.05, 4.69) is 37.4 Å². The summed E-state index contributed by atoms with van der Waals surface area (Å²) < 4.78 is 0. The lowest BCUT2D eigenvalue weighted by Gasteiger charge is -2.07. The van der Waals surface area contributed by atoms with E-state index in [4.69, 9.17) is 0 Å². The van der Waals surface area contributed by atoms with Gasteiger partial charge in [0, 0.05) is 6.42 Å². The predicted molar refractivity (Wildman–Crippen MR) is 91.2 cm³/mol. The van der Waals surface area contributed by atoms with Gasteiger partial charge in [-0.1, -0.05) is 42.5 Å². The van der Waals surface area contributed by atoms with E-state index >= 15 is 0 Å². The van der Waals surface area contributed by atoms with Gasteiger partial charge in [-0.05, 0) is 55.0 Å². The molecule has 2 aromatic rings. The average Bonchev–Trinajstić information content (AvgIpc) is 2.54. The maximum atomic E-state index is 11.8. The molecule has 1 amide bonds. The number of nitrogens with one attached hydrogen (secondary N) is 1. The number of benzene rings is 2. The van der Waals surface area contributed by atoms with Crippen molar-refractivity contribution in [1.82, 2.24) is 5.43 Å². The van der Waals surface area contributed by atoms with E-state index in [1.807, 2.05) is 36.4 Å². The second kappa shape index (κ2) is 7.55. The molecule has 22 heavy (non-hydrogen) atoms. The van der Waals surface area contributed by atoms with Crippen molar-refractivity contribution in [3.63, 3.8) is 0 Å². The third kappa shape index (κ3) is 4.29. The molecule has 3 nitrogen and oxygen atoms in total. The van der Waals surface area contributed by atoms with E-state index in [0.717, 1.165) is 17.5 Å². The van der Waals surface area contributed by atoms with E-state index in [1.54, 1.807) is 6.21 Å². The molecule has 0 aliphatic rings. The van der Waals surface area contributed by atoms with Crippen molar-refractivity contribution < 1.29 is 4.79 Å². The first-order valence-corrected chi connectivity index (χ1v) is 7.50. The predicted octanol–water partition coefficient (Wildman–Crippen LogP) is 3.69. The molecule has 0 unspecified atom stereocenters. The summed E-state index contributed by atoms with van der Waals surface area (Å²) in [5, 5.41) is 4.06. The van der Waals surface area contributed by atoms with Crippen molar-refractivity contribution in [2.24, 2.45) is 5.10 Å². The summed E-state index contributed by atoms with van der Waals surface area (Å²) in [5.41, 5.74) is 8.51. The lowest BCUT2D eigenvalue weighted by molar-refractivity contribution is -0.121. The van der Waals surface area contributed by atoms with E-state index < -0.39 is 0 Å². The number of amides is 1.